The molecule has 3 heteroatoms. The molecule has 0 aromatic carbocycles. The minimum atomic E-state index is -0.0590. The van der Waals surface area contributed by atoms with Crippen LogP contribution in [0.3, 0.4) is 0 Å². The maximum Gasteiger partial charge on any atom is 0.234 e. The van der Waals surface area contributed by atoms with Gasteiger partial charge < -0.3 is 10.6 Å². The van der Waals surface area contributed by atoms with Crippen molar-refractivity contribution in [1.29, 1.82) is 0 Å². The predicted octanol–water partition coefficient (Wildman–Crippen LogP) is 2.07. The Morgan fingerprint density at radius 1 is 1.31 bits per heavy atom. The molecule has 16 heavy (non-hydrogen) atoms. The summed E-state index contributed by atoms with van der Waals surface area (Å²) in [6.07, 6.45) is 7.93. The molecule has 3 nitrogen and oxygen atoms in total. The van der Waals surface area contributed by atoms with Crippen LogP contribution in [0.1, 0.15) is 52.4 Å². The van der Waals surface area contributed by atoms with E-state index in [4.69, 9.17) is 0 Å². The standard InChI is InChI=1S/C13H26N2O/c1-13(2,15-12(16)10-14-3)9-8-11-6-4-5-7-11/h11,14H,4-10H2,1-3H3,(H,15,16). The van der Waals surface area contributed by atoms with Crippen LogP contribution in [0.4, 0.5) is 0 Å². The van der Waals surface area contributed by atoms with Crippen LogP contribution < -0.4 is 10.6 Å². The summed E-state index contributed by atoms with van der Waals surface area (Å²) < 4.78 is 0. The molecule has 0 saturated heterocycles. The summed E-state index contributed by atoms with van der Waals surface area (Å²) in [4.78, 5) is 11.5. The number of hydrogen-bond donors (Lipinski definition) is 2. The monoisotopic (exact) mass is 226 g/mol. The number of nitrogens with one attached hydrogen (secondary N) is 2. The van der Waals surface area contributed by atoms with Gasteiger partial charge in [-0.05, 0) is 39.7 Å². The Kier molecular flexibility index (Phi) is 5.26. The van der Waals surface area contributed by atoms with Crippen molar-refractivity contribution >= 4 is 5.91 Å². The van der Waals surface area contributed by atoms with Crippen LogP contribution >= 0.6 is 0 Å². The summed E-state index contributed by atoms with van der Waals surface area (Å²) in [6.45, 7) is 4.65. The van der Waals surface area contributed by atoms with Gasteiger partial charge in [0.05, 0.1) is 6.54 Å². The number of rotatable bonds is 6. The normalized spacial score (nSPS) is 17.7. The molecule has 0 atom stereocenters. The van der Waals surface area contributed by atoms with Gasteiger partial charge >= 0.3 is 0 Å². The van der Waals surface area contributed by atoms with E-state index in [0.717, 1.165) is 12.3 Å². The Bertz CT molecular complexity index is 220. The van der Waals surface area contributed by atoms with E-state index < -0.39 is 0 Å². The molecular formula is C13H26N2O. The minimum absolute atomic E-state index is 0.0590. The lowest BCUT2D eigenvalue weighted by Gasteiger charge is -2.27. The van der Waals surface area contributed by atoms with Crippen molar-refractivity contribution in [3.63, 3.8) is 0 Å². The van der Waals surface area contributed by atoms with Gasteiger partial charge in [-0.2, -0.15) is 0 Å². The molecule has 1 fully saturated rings. The molecule has 0 spiro atoms. The summed E-state index contributed by atoms with van der Waals surface area (Å²) in [5.74, 6) is 0.999. The third kappa shape index (κ3) is 4.97. The molecule has 0 unspecified atom stereocenters. The van der Waals surface area contributed by atoms with Crippen molar-refractivity contribution in [1.82, 2.24) is 10.6 Å². The Hall–Kier alpha value is -0.570. The van der Waals surface area contributed by atoms with Crippen LogP contribution in [0.15, 0.2) is 0 Å². The smallest absolute Gasteiger partial charge is 0.234 e. The van der Waals surface area contributed by atoms with Crippen molar-refractivity contribution in [3.8, 4) is 0 Å². The first-order chi connectivity index (χ1) is 7.53. The van der Waals surface area contributed by atoms with Crippen LogP contribution in [-0.4, -0.2) is 25.0 Å². The zero-order valence-corrected chi connectivity index (χ0v) is 10.9. The van der Waals surface area contributed by atoms with E-state index in [1.807, 2.05) is 0 Å². The van der Waals surface area contributed by atoms with E-state index in [1.165, 1.54) is 32.1 Å². The lowest BCUT2D eigenvalue weighted by Crippen LogP contribution is -2.46. The second-order valence-electron chi connectivity index (χ2n) is 5.65. The van der Waals surface area contributed by atoms with Crippen molar-refractivity contribution in [3.05, 3.63) is 0 Å². The van der Waals surface area contributed by atoms with Crippen LogP contribution in [0.2, 0.25) is 0 Å². The summed E-state index contributed by atoms with van der Waals surface area (Å²) in [5.41, 5.74) is -0.0590. The maximum atomic E-state index is 11.5. The molecule has 0 aromatic rings. The highest BCUT2D eigenvalue weighted by molar-refractivity contribution is 5.78. The molecule has 0 bridgehead atoms. The average Bonchev–Trinajstić information content (AvgIpc) is 2.66. The van der Waals surface area contributed by atoms with E-state index >= 15 is 0 Å². The minimum Gasteiger partial charge on any atom is -0.350 e. The first-order valence-electron chi connectivity index (χ1n) is 6.49. The Morgan fingerprint density at radius 3 is 2.50 bits per heavy atom. The van der Waals surface area contributed by atoms with Gasteiger partial charge in [0.15, 0.2) is 0 Å². The van der Waals surface area contributed by atoms with E-state index in [9.17, 15) is 4.79 Å². The van der Waals surface area contributed by atoms with E-state index in [0.29, 0.717) is 6.54 Å². The van der Waals surface area contributed by atoms with E-state index in [1.54, 1.807) is 7.05 Å². The van der Waals surface area contributed by atoms with Crippen molar-refractivity contribution in [2.45, 2.75) is 57.9 Å². The highest BCUT2D eigenvalue weighted by atomic mass is 16.2. The van der Waals surface area contributed by atoms with Gasteiger partial charge in [-0.15, -0.1) is 0 Å². The summed E-state index contributed by atoms with van der Waals surface area (Å²) in [6, 6.07) is 0. The molecule has 1 amide bonds. The van der Waals surface area contributed by atoms with Gasteiger partial charge in [-0.25, -0.2) is 0 Å². The van der Waals surface area contributed by atoms with Gasteiger partial charge in [0.1, 0.15) is 0 Å². The Balaban J connectivity index is 2.24. The second kappa shape index (κ2) is 6.24. The third-order valence-corrected chi connectivity index (χ3v) is 3.47. The van der Waals surface area contributed by atoms with Gasteiger partial charge in [-0.1, -0.05) is 25.7 Å². The van der Waals surface area contributed by atoms with Crippen LogP contribution in [0.5, 0.6) is 0 Å². The third-order valence-electron chi connectivity index (χ3n) is 3.47. The average molecular weight is 226 g/mol. The highest BCUT2D eigenvalue weighted by Crippen LogP contribution is 2.30. The zero-order valence-electron chi connectivity index (χ0n) is 10.9. The number of carbonyl (C=O) groups is 1. The fraction of sp³-hybridized carbons (Fsp3) is 0.923. The molecule has 94 valence electrons. The molecule has 2 N–H and O–H groups in total. The largest absolute Gasteiger partial charge is 0.350 e. The quantitative estimate of drug-likeness (QED) is 0.728. The number of amides is 1. The van der Waals surface area contributed by atoms with Gasteiger partial charge in [-0.3, -0.25) is 4.79 Å². The van der Waals surface area contributed by atoms with Crippen molar-refractivity contribution in [2.24, 2.45) is 5.92 Å². The molecule has 1 saturated carbocycles. The molecule has 0 heterocycles. The Labute approximate surface area is 99.4 Å². The molecule has 0 aromatic heterocycles. The molecule has 0 radical (unpaired) electrons. The second-order valence-corrected chi connectivity index (χ2v) is 5.65. The highest BCUT2D eigenvalue weighted by Gasteiger charge is 2.23. The topological polar surface area (TPSA) is 41.1 Å². The molecule has 1 aliphatic rings. The van der Waals surface area contributed by atoms with Gasteiger partial charge in [0.25, 0.3) is 0 Å². The SMILES string of the molecule is CNCC(=O)NC(C)(C)CCC1CCCC1. The fourth-order valence-electron chi connectivity index (χ4n) is 2.51. The predicted molar refractivity (Wildman–Crippen MR) is 67.3 cm³/mol. The summed E-state index contributed by atoms with van der Waals surface area (Å²) in [5, 5.41) is 5.95. The van der Waals surface area contributed by atoms with Crippen LogP contribution in [0, 0.1) is 5.92 Å². The fourth-order valence-corrected chi connectivity index (χ4v) is 2.51. The molecule has 1 rings (SSSR count). The lowest BCUT2D eigenvalue weighted by atomic mass is 9.91. The number of likely N-dealkylation sites (N-methyl/N-ethyl adjacent to an activating group) is 1. The van der Waals surface area contributed by atoms with Crippen molar-refractivity contribution < 1.29 is 4.79 Å². The van der Waals surface area contributed by atoms with E-state index in [-0.39, 0.29) is 11.4 Å². The molecule has 1 aliphatic carbocycles. The maximum absolute atomic E-state index is 11.5. The molecular weight excluding hydrogens is 200 g/mol. The van der Waals surface area contributed by atoms with Gasteiger partial charge in [0, 0.05) is 5.54 Å². The Morgan fingerprint density at radius 2 is 1.94 bits per heavy atom. The van der Waals surface area contributed by atoms with Crippen molar-refractivity contribution in [2.75, 3.05) is 13.6 Å². The first kappa shape index (κ1) is 13.5. The lowest BCUT2D eigenvalue weighted by molar-refractivity contribution is -0.121. The zero-order chi connectivity index (χ0) is 12.0. The number of carbonyl (C=O) groups excluding carboxylic acids is 1. The van der Waals surface area contributed by atoms with Crippen LogP contribution in [-0.2, 0) is 4.79 Å². The first-order valence-corrected chi connectivity index (χ1v) is 6.49. The van der Waals surface area contributed by atoms with Gasteiger partial charge in [0.2, 0.25) is 5.91 Å². The van der Waals surface area contributed by atoms with Crippen LogP contribution in [0.25, 0.3) is 0 Å². The summed E-state index contributed by atoms with van der Waals surface area (Å²) >= 11 is 0. The van der Waals surface area contributed by atoms with E-state index in [2.05, 4.69) is 24.5 Å². The number of hydrogen-bond acceptors (Lipinski definition) is 2. The molecule has 0 aliphatic heterocycles. The summed E-state index contributed by atoms with van der Waals surface area (Å²) in [7, 11) is 1.80.